The van der Waals surface area contributed by atoms with Gasteiger partial charge in [0, 0.05) is 7.11 Å². The average Bonchev–Trinajstić information content (AvgIpc) is 2.04. The van der Waals surface area contributed by atoms with Crippen LogP contribution in [-0.4, -0.2) is 19.5 Å². The third-order valence-electron chi connectivity index (χ3n) is 1.70. The second-order valence-corrected chi connectivity index (χ2v) is 3.12. The smallest absolute Gasteiger partial charge is 0.148 e. The van der Waals surface area contributed by atoms with Gasteiger partial charge in [-0.15, -0.1) is 0 Å². The Morgan fingerprint density at radius 1 is 1.50 bits per heavy atom. The van der Waals surface area contributed by atoms with Gasteiger partial charge in [-0.1, -0.05) is 11.6 Å². The summed E-state index contributed by atoms with van der Waals surface area (Å²) in [7, 11) is 1.57. The van der Waals surface area contributed by atoms with Gasteiger partial charge in [-0.05, 0) is 33.1 Å². The van der Waals surface area contributed by atoms with E-state index in [1.807, 2.05) is 0 Å². The summed E-state index contributed by atoms with van der Waals surface area (Å²) in [6.07, 6.45) is 5.71. The molecule has 0 aliphatic heterocycles. The molecule has 1 unspecified atom stereocenters. The Morgan fingerprint density at radius 3 is 2.58 bits per heavy atom. The van der Waals surface area contributed by atoms with E-state index >= 15 is 0 Å². The summed E-state index contributed by atoms with van der Waals surface area (Å²) in [6.45, 7) is 4.15. The number of allylic oxidation sites excluding steroid dienone is 2. The van der Waals surface area contributed by atoms with Crippen molar-refractivity contribution in [3.05, 3.63) is 11.6 Å². The van der Waals surface area contributed by atoms with Crippen LogP contribution in [0.15, 0.2) is 11.6 Å². The van der Waals surface area contributed by atoms with Gasteiger partial charge in [0.05, 0.1) is 0 Å². The van der Waals surface area contributed by atoms with Crippen LogP contribution in [0.25, 0.3) is 0 Å². The maximum Gasteiger partial charge on any atom is 0.148 e. The molecule has 0 N–H and O–H groups in total. The minimum Gasteiger partial charge on any atom is -0.374 e. The molecule has 0 amide bonds. The number of ether oxygens (including phenoxy) is 1. The maximum absolute atomic E-state index is 10.3. The Hall–Kier alpha value is -0.630. The highest BCUT2D eigenvalue weighted by Crippen LogP contribution is 2.04. The SMILES string of the molecule is COC(C=O)CCCC=C(C)C. The van der Waals surface area contributed by atoms with Crippen molar-refractivity contribution in [2.45, 2.75) is 39.2 Å². The molecule has 0 aromatic carbocycles. The number of hydrogen-bond donors (Lipinski definition) is 0. The standard InChI is InChI=1S/C10H18O2/c1-9(2)6-4-5-7-10(8-11)12-3/h6,8,10H,4-5,7H2,1-3H3. The molecule has 0 radical (unpaired) electrons. The molecule has 0 saturated carbocycles. The molecule has 0 aliphatic rings. The molecule has 0 fully saturated rings. The topological polar surface area (TPSA) is 26.3 Å². The van der Waals surface area contributed by atoms with Gasteiger partial charge in [0.2, 0.25) is 0 Å². The predicted octanol–water partition coefficient (Wildman–Crippen LogP) is 2.34. The van der Waals surface area contributed by atoms with E-state index in [-0.39, 0.29) is 6.10 Å². The molecule has 2 heteroatoms. The Labute approximate surface area is 74.6 Å². The van der Waals surface area contributed by atoms with Gasteiger partial charge in [0.1, 0.15) is 12.4 Å². The van der Waals surface area contributed by atoms with Crippen molar-refractivity contribution >= 4 is 6.29 Å². The van der Waals surface area contributed by atoms with Crippen molar-refractivity contribution in [1.82, 2.24) is 0 Å². The Balaban J connectivity index is 3.41. The molecule has 1 atom stereocenters. The summed E-state index contributed by atoms with van der Waals surface area (Å²) in [5, 5.41) is 0. The summed E-state index contributed by atoms with van der Waals surface area (Å²) in [4.78, 5) is 10.3. The molecule has 0 rings (SSSR count). The fourth-order valence-electron chi connectivity index (χ4n) is 0.951. The molecule has 0 aromatic heterocycles. The lowest BCUT2D eigenvalue weighted by Crippen LogP contribution is -2.11. The van der Waals surface area contributed by atoms with Gasteiger partial charge in [-0.25, -0.2) is 0 Å². The molecule has 70 valence electrons. The predicted molar refractivity (Wildman–Crippen MR) is 50.1 cm³/mol. The van der Waals surface area contributed by atoms with Crippen molar-refractivity contribution in [1.29, 1.82) is 0 Å². The molecule has 2 nitrogen and oxygen atoms in total. The van der Waals surface area contributed by atoms with E-state index in [1.54, 1.807) is 7.11 Å². The van der Waals surface area contributed by atoms with Gasteiger partial charge in [-0.3, -0.25) is 0 Å². The number of aldehydes is 1. The first kappa shape index (κ1) is 11.4. The largest absolute Gasteiger partial charge is 0.374 e. The molecule has 0 saturated heterocycles. The van der Waals surface area contributed by atoms with E-state index in [0.717, 1.165) is 25.5 Å². The van der Waals surface area contributed by atoms with Crippen LogP contribution in [0.5, 0.6) is 0 Å². The second-order valence-electron chi connectivity index (χ2n) is 3.12. The number of carbonyl (C=O) groups excluding carboxylic acids is 1. The molecule has 12 heavy (non-hydrogen) atoms. The van der Waals surface area contributed by atoms with Crippen LogP contribution in [0.2, 0.25) is 0 Å². The Kier molecular flexibility index (Phi) is 6.67. The average molecular weight is 170 g/mol. The first-order valence-electron chi connectivity index (χ1n) is 4.32. The van der Waals surface area contributed by atoms with E-state index in [9.17, 15) is 4.79 Å². The Bertz CT molecular complexity index is 146. The van der Waals surface area contributed by atoms with Crippen molar-refractivity contribution < 1.29 is 9.53 Å². The quantitative estimate of drug-likeness (QED) is 0.347. The molecule has 0 heterocycles. The van der Waals surface area contributed by atoms with Crippen molar-refractivity contribution in [2.75, 3.05) is 7.11 Å². The van der Waals surface area contributed by atoms with Crippen molar-refractivity contribution in [2.24, 2.45) is 0 Å². The zero-order valence-electron chi connectivity index (χ0n) is 8.17. The van der Waals surface area contributed by atoms with E-state index < -0.39 is 0 Å². The molecule has 0 spiro atoms. The van der Waals surface area contributed by atoms with Gasteiger partial charge in [-0.2, -0.15) is 0 Å². The highest BCUT2D eigenvalue weighted by molar-refractivity contribution is 5.55. The number of hydrogen-bond acceptors (Lipinski definition) is 2. The number of unbranched alkanes of at least 4 members (excludes halogenated alkanes) is 1. The van der Waals surface area contributed by atoms with Crippen LogP contribution in [0.3, 0.4) is 0 Å². The van der Waals surface area contributed by atoms with Crippen LogP contribution in [0, 0.1) is 0 Å². The van der Waals surface area contributed by atoms with Crippen LogP contribution in [0.4, 0.5) is 0 Å². The first-order valence-corrected chi connectivity index (χ1v) is 4.32. The summed E-state index contributed by atoms with van der Waals surface area (Å²) in [5.41, 5.74) is 1.33. The fraction of sp³-hybridized carbons (Fsp3) is 0.700. The van der Waals surface area contributed by atoms with Gasteiger partial charge < -0.3 is 9.53 Å². The molecule has 0 aromatic rings. The minimum absolute atomic E-state index is 0.212. The van der Waals surface area contributed by atoms with Gasteiger partial charge in [0.15, 0.2) is 0 Å². The van der Waals surface area contributed by atoms with E-state index in [2.05, 4.69) is 19.9 Å². The fourth-order valence-corrected chi connectivity index (χ4v) is 0.951. The molecular formula is C10H18O2. The Morgan fingerprint density at radius 2 is 2.17 bits per heavy atom. The highest BCUT2D eigenvalue weighted by atomic mass is 16.5. The van der Waals surface area contributed by atoms with Crippen LogP contribution >= 0.6 is 0 Å². The van der Waals surface area contributed by atoms with E-state index in [0.29, 0.717) is 0 Å². The van der Waals surface area contributed by atoms with Gasteiger partial charge >= 0.3 is 0 Å². The van der Waals surface area contributed by atoms with Gasteiger partial charge in [0.25, 0.3) is 0 Å². The number of carbonyl (C=O) groups is 1. The van der Waals surface area contributed by atoms with Crippen LogP contribution < -0.4 is 0 Å². The lowest BCUT2D eigenvalue weighted by Gasteiger charge is -2.05. The first-order chi connectivity index (χ1) is 5.70. The maximum atomic E-state index is 10.3. The van der Waals surface area contributed by atoms with E-state index in [1.165, 1.54) is 5.57 Å². The second kappa shape index (κ2) is 7.04. The van der Waals surface area contributed by atoms with Crippen molar-refractivity contribution in [3.8, 4) is 0 Å². The third-order valence-corrected chi connectivity index (χ3v) is 1.70. The van der Waals surface area contributed by atoms with Crippen LogP contribution in [-0.2, 0) is 9.53 Å². The summed E-state index contributed by atoms with van der Waals surface area (Å²) in [5.74, 6) is 0. The zero-order chi connectivity index (χ0) is 9.40. The zero-order valence-corrected chi connectivity index (χ0v) is 8.17. The van der Waals surface area contributed by atoms with Crippen LogP contribution in [0.1, 0.15) is 33.1 Å². The molecule has 0 bridgehead atoms. The highest BCUT2D eigenvalue weighted by Gasteiger charge is 2.02. The number of methoxy groups -OCH3 is 1. The summed E-state index contributed by atoms with van der Waals surface area (Å²) in [6, 6.07) is 0. The summed E-state index contributed by atoms with van der Waals surface area (Å²) < 4.78 is 4.92. The molecular weight excluding hydrogens is 152 g/mol. The minimum atomic E-state index is -0.212. The monoisotopic (exact) mass is 170 g/mol. The lowest BCUT2D eigenvalue weighted by atomic mass is 10.1. The lowest BCUT2D eigenvalue weighted by molar-refractivity contribution is -0.116. The summed E-state index contributed by atoms with van der Waals surface area (Å²) >= 11 is 0. The van der Waals surface area contributed by atoms with Crippen molar-refractivity contribution in [3.63, 3.8) is 0 Å². The molecule has 0 aliphatic carbocycles. The van der Waals surface area contributed by atoms with E-state index in [4.69, 9.17) is 4.74 Å². The normalized spacial score (nSPS) is 12.2. The number of rotatable bonds is 6. The third kappa shape index (κ3) is 6.10.